The molecule has 5 heteroatoms. The van der Waals surface area contributed by atoms with Crippen molar-refractivity contribution < 1.29 is 13.9 Å². The van der Waals surface area contributed by atoms with Gasteiger partial charge in [0.2, 0.25) is 0 Å². The zero-order chi connectivity index (χ0) is 15.1. The molecule has 21 heavy (non-hydrogen) atoms. The van der Waals surface area contributed by atoms with Gasteiger partial charge in [0.15, 0.2) is 5.82 Å². The Morgan fingerprint density at radius 2 is 2.19 bits per heavy atom. The van der Waals surface area contributed by atoms with Gasteiger partial charge in [-0.25, -0.2) is 9.37 Å². The van der Waals surface area contributed by atoms with E-state index in [1.807, 2.05) is 0 Å². The minimum atomic E-state index is -0.347. The number of hydrogen-bond acceptors (Lipinski definition) is 4. The van der Waals surface area contributed by atoms with Gasteiger partial charge in [0.1, 0.15) is 6.10 Å². The molecule has 1 aliphatic rings. The second kappa shape index (κ2) is 8.29. The van der Waals surface area contributed by atoms with Crippen molar-refractivity contribution in [3.8, 4) is 5.88 Å². The van der Waals surface area contributed by atoms with Crippen LogP contribution in [0, 0.1) is 5.82 Å². The van der Waals surface area contributed by atoms with Gasteiger partial charge in [-0.1, -0.05) is 6.92 Å². The molecule has 4 nitrogen and oxygen atoms in total. The molecule has 0 bridgehead atoms. The van der Waals surface area contributed by atoms with Crippen LogP contribution in [0.1, 0.15) is 44.6 Å². The molecule has 2 rings (SSSR count). The van der Waals surface area contributed by atoms with Crippen LogP contribution >= 0.6 is 0 Å². The van der Waals surface area contributed by atoms with Crippen LogP contribution in [-0.4, -0.2) is 30.8 Å². The summed E-state index contributed by atoms with van der Waals surface area (Å²) in [5, 5.41) is 3.20. The van der Waals surface area contributed by atoms with Gasteiger partial charge in [-0.15, -0.1) is 0 Å². The number of nitrogens with one attached hydrogen (secondary N) is 1. The van der Waals surface area contributed by atoms with Crippen LogP contribution in [0.4, 0.5) is 4.39 Å². The maximum absolute atomic E-state index is 14.4. The highest BCUT2D eigenvalue weighted by atomic mass is 19.1. The Balaban J connectivity index is 1.97. The quantitative estimate of drug-likeness (QED) is 0.785. The van der Waals surface area contributed by atoms with Crippen molar-refractivity contribution in [3.05, 3.63) is 23.6 Å². The predicted molar refractivity (Wildman–Crippen MR) is 79.9 cm³/mol. The average Bonchev–Trinajstić information content (AvgIpc) is 2.51. The van der Waals surface area contributed by atoms with Gasteiger partial charge in [0.05, 0.1) is 6.10 Å². The maximum Gasteiger partial charge on any atom is 0.250 e. The molecule has 1 heterocycles. The Morgan fingerprint density at radius 3 is 2.95 bits per heavy atom. The number of aromatic nitrogens is 1. The van der Waals surface area contributed by atoms with E-state index < -0.39 is 0 Å². The molecule has 0 radical (unpaired) electrons. The summed E-state index contributed by atoms with van der Waals surface area (Å²) in [6.45, 7) is 3.46. The predicted octanol–water partition coefficient (Wildman–Crippen LogP) is 3.06. The van der Waals surface area contributed by atoms with Crippen molar-refractivity contribution in [2.24, 2.45) is 0 Å². The molecular weight excluding hydrogens is 271 g/mol. The normalized spacial score (nSPS) is 22.2. The summed E-state index contributed by atoms with van der Waals surface area (Å²) < 4.78 is 25.5. The van der Waals surface area contributed by atoms with E-state index >= 15 is 0 Å². The first-order chi connectivity index (χ1) is 10.2. The van der Waals surface area contributed by atoms with Crippen molar-refractivity contribution in [2.75, 3.05) is 13.7 Å². The topological polar surface area (TPSA) is 43.4 Å². The van der Waals surface area contributed by atoms with Gasteiger partial charge in [0.25, 0.3) is 5.88 Å². The number of ether oxygens (including phenoxy) is 2. The second-order valence-corrected chi connectivity index (χ2v) is 5.53. The van der Waals surface area contributed by atoms with Crippen LogP contribution < -0.4 is 10.1 Å². The van der Waals surface area contributed by atoms with Crippen LogP contribution in [0.25, 0.3) is 0 Å². The zero-order valence-corrected chi connectivity index (χ0v) is 12.9. The Morgan fingerprint density at radius 1 is 1.38 bits per heavy atom. The molecule has 1 fully saturated rings. The van der Waals surface area contributed by atoms with Gasteiger partial charge in [-0.05, 0) is 38.3 Å². The summed E-state index contributed by atoms with van der Waals surface area (Å²) >= 11 is 0. The van der Waals surface area contributed by atoms with Gasteiger partial charge in [-0.2, -0.15) is 0 Å². The summed E-state index contributed by atoms with van der Waals surface area (Å²) in [6, 6.07) is 1.70. The highest BCUT2D eigenvalue weighted by Gasteiger charge is 2.24. The van der Waals surface area contributed by atoms with E-state index in [-0.39, 0.29) is 23.9 Å². The van der Waals surface area contributed by atoms with Crippen molar-refractivity contribution in [3.63, 3.8) is 0 Å². The first-order valence-corrected chi connectivity index (χ1v) is 7.78. The first kappa shape index (κ1) is 16.2. The molecule has 2 atom stereocenters. The fraction of sp³-hybridized carbons (Fsp3) is 0.688. The summed E-state index contributed by atoms with van der Waals surface area (Å²) in [7, 11) is 1.71. The Bertz CT molecular complexity index is 442. The highest BCUT2D eigenvalue weighted by molar-refractivity contribution is 5.23. The lowest BCUT2D eigenvalue weighted by atomic mass is 9.95. The third kappa shape index (κ3) is 4.64. The summed E-state index contributed by atoms with van der Waals surface area (Å²) in [5.74, 6) is -0.229. The third-order valence-electron chi connectivity index (χ3n) is 3.87. The molecule has 0 aliphatic heterocycles. The molecule has 0 spiro atoms. The summed E-state index contributed by atoms with van der Waals surface area (Å²) in [5.41, 5.74) is 0.604. The molecular formula is C16H25FN2O2. The smallest absolute Gasteiger partial charge is 0.250 e. The Labute approximate surface area is 126 Å². The van der Waals surface area contributed by atoms with E-state index in [1.54, 1.807) is 19.4 Å². The summed E-state index contributed by atoms with van der Waals surface area (Å²) in [4.78, 5) is 4.05. The fourth-order valence-electron chi connectivity index (χ4n) is 2.66. The largest absolute Gasteiger partial charge is 0.472 e. The fourth-order valence-corrected chi connectivity index (χ4v) is 2.66. The van der Waals surface area contributed by atoms with E-state index in [9.17, 15) is 4.39 Å². The lowest BCUT2D eigenvalue weighted by molar-refractivity contribution is 0.0181. The maximum atomic E-state index is 14.4. The molecule has 2 unspecified atom stereocenters. The van der Waals surface area contributed by atoms with Crippen LogP contribution in [0.5, 0.6) is 5.88 Å². The summed E-state index contributed by atoms with van der Waals surface area (Å²) in [6.07, 6.45) is 6.66. The van der Waals surface area contributed by atoms with Crippen LogP contribution in [0.15, 0.2) is 12.3 Å². The number of hydrogen-bond donors (Lipinski definition) is 1. The van der Waals surface area contributed by atoms with E-state index in [2.05, 4.69) is 17.2 Å². The van der Waals surface area contributed by atoms with Gasteiger partial charge < -0.3 is 14.8 Å². The molecule has 118 valence electrons. The monoisotopic (exact) mass is 296 g/mol. The van der Waals surface area contributed by atoms with E-state index in [0.29, 0.717) is 12.1 Å². The molecule has 1 aliphatic carbocycles. The van der Waals surface area contributed by atoms with Crippen molar-refractivity contribution in [2.45, 2.75) is 57.8 Å². The van der Waals surface area contributed by atoms with E-state index in [0.717, 1.165) is 38.6 Å². The average molecular weight is 296 g/mol. The van der Waals surface area contributed by atoms with Gasteiger partial charge in [0, 0.05) is 31.8 Å². The first-order valence-electron chi connectivity index (χ1n) is 7.78. The second-order valence-electron chi connectivity index (χ2n) is 5.53. The minimum Gasteiger partial charge on any atom is -0.472 e. The number of pyridine rings is 1. The number of rotatable bonds is 7. The number of nitrogens with zero attached hydrogens (tertiary/aromatic N) is 1. The molecule has 1 saturated carbocycles. The lowest BCUT2D eigenvalue weighted by Crippen LogP contribution is -2.30. The number of methoxy groups -OCH3 is 1. The standard InChI is InChI=1S/C16H25FN2O2/c1-3-8-18-11-12-7-9-19-16(15(12)17)21-14-6-4-5-13(10-14)20-2/h7,9,13-14,18H,3-6,8,10-11H2,1-2H3. The van der Waals surface area contributed by atoms with E-state index in [1.165, 1.54) is 0 Å². The van der Waals surface area contributed by atoms with Crippen molar-refractivity contribution >= 4 is 0 Å². The van der Waals surface area contributed by atoms with Crippen LogP contribution in [0.2, 0.25) is 0 Å². The molecule has 1 aromatic heterocycles. The lowest BCUT2D eigenvalue weighted by Gasteiger charge is -2.28. The molecule has 0 aromatic carbocycles. The van der Waals surface area contributed by atoms with Crippen molar-refractivity contribution in [1.29, 1.82) is 0 Å². The van der Waals surface area contributed by atoms with Crippen LogP contribution in [0.3, 0.4) is 0 Å². The van der Waals surface area contributed by atoms with Gasteiger partial charge in [-0.3, -0.25) is 0 Å². The van der Waals surface area contributed by atoms with Crippen molar-refractivity contribution in [1.82, 2.24) is 10.3 Å². The zero-order valence-electron chi connectivity index (χ0n) is 12.9. The SMILES string of the molecule is CCCNCc1ccnc(OC2CCCC(OC)C2)c1F. The molecule has 1 N–H and O–H groups in total. The Kier molecular flexibility index (Phi) is 6.39. The molecule has 1 aromatic rings. The number of halogens is 1. The highest BCUT2D eigenvalue weighted by Crippen LogP contribution is 2.26. The van der Waals surface area contributed by atoms with E-state index in [4.69, 9.17) is 9.47 Å². The minimum absolute atomic E-state index is 0.00968. The van der Waals surface area contributed by atoms with Gasteiger partial charge >= 0.3 is 0 Å². The molecule has 0 amide bonds. The molecule has 0 saturated heterocycles. The van der Waals surface area contributed by atoms with Crippen LogP contribution in [-0.2, 0) is 11.3 Å². The Hall–Kier alpha value is -1.20. The third-order valence-corrected chi connectivity index (χ3v) is 3.87.